The van der Waals surface area contributed by atoms with Crippen molar-refractivity contribution < 1.29 is 8.78 Å². The highest BCUT2D eigenvalue weighted by Crippen LogP contribution is 2.40. The van der Waals surface area contributed by atoms with E-state index >= 15 is 0 Å². The van der Waals surface area contributed by atoms with E-state index in [2.05, 4.69) is 91.0 Å². The molecule has 7 rings (SSSR count). The van der Waals surface area contributed by atoms with Gasteiger partial charge in [-0.05, 0) is 84.3 Å². The molecule has 0 radical (unpaired) electrons. The van der Waals surface area contributed by atoms with Gasteiger partial charge in [0, 0.05) is 6.07 Å². The molecule has 0 bridgehead atoms. The summed E-state index contributed by atoms with van der Waals surface area (Å²) in [6.45, 7) is 0. The average Bonchev–Trinajstić information content (AvgIpc) is 3.00. The molecule has 0 unspecified atom stereocenters. The minimum atomic E-state index is -0.586. The lowest BCUT2D eigenvalue weighted by Crippen LogP contribution is -1.90. The number of fused-ring (bicyclic) bond motifs is 2. The standard InChI is InChI=1S/C38H24F2/c39-31-22-30(23-32(40)24-31)33-9-3-4-10-35(33)38-20-19-34(36-11-5-6-12-37(36)38)27-16-13-26(14-17-27)29-18-15-25-7-1-2-8-28(25)21-29/h1-24H. The second kappa shape index (κ2) is 9.91. The van der Waals surface area contributed by atoms with E-state index in [1.54, 1.807) is 0 Å². The van der Waals surface area contributed by atoms with Crippen LogP contribution in [0.1, 0.15) is 0 Å². The third kappa shape index (κ3) is 4.34. The highest BCUT2D eigenvalue weighted by molar-refractivity contribution is 6.07. The number of halogens is 2. The van der Waals surface area contributed by atoms with Gasteiger partial charge in [-0.1, -0.05) is 121 Å². The highest BCUT2D eigenvalue weighted by Gasteiger charge is 2.14. The molecule has 0 nitrogen and oxygen atoms in total. The van der Waals surface area contributed by atoms with Crippen molar-refractivity contribution in [2.75, 3.05) is 0 Å². The molecule has 2 heteroatoms. The maximum absolute atomic E-state index is 14.1. The zero-order valence-corrected chi connectivity index (χ0v) is 21.6. The Morgan fingerprint density at radius 1 is 0.300 bits per heavy atom. The summed E-state index contributed by atoms with van der Waals surface area (Å²) in [5, 5.41) is 4.67. The van der Waals surface area contributed by atoms with Crippen molar-refractivity contribution in [3.63, 3.8) is 0 Å². The fourth-order valence-corrected chi connectivity index (χ4v) is 5.68. The molecule has 40 heavy (non-hydrogen) atoms. The second-order valence-electron chi connectivity index (χ2n) is 10.0. The SMILES string of the molecule is Fc1cc(F)cc(-c2ccccc2-c2ccc(-c3ccc(-c4ccc5ccccc5c4)cc3)c3ccccc23)c1. The van der Waals surface area contributed by atoms with Gasteiger partial charge >= 0.3 is 0 Å². The van der Waals surface area contributed by atoms with Gasteiger partial charge in [-0.25, -0.2) is 8.78 Å². The topological polar surface area (TPSA) is 0 Å². The van der Waals surface area contributed by atoms with Crippen LogP contribution < -0.4 is 0 Å². The van der Waals surface area contributed by atoms with Crippen LogP contribution in [0.15, 0.2) is 146 Å². The summed E-state index contributed by atoms with van der Waals surface area (Å²) in [7, 11) is 0. The second-order valence-corrected chi connectivity index (χ2v) is 10.0. The molecule has 0 atom stereocenters. The van der Waals surface area contributed by atoms with Crippen LogP contribution in [-0.4, -0.2) is 0 Å². The molecule has 7 aromatic rings. The molecule has 0 aliphatic carbocycles. The van der Waals surface area contributed by atoms with Crippen molar-refractivity contribution in [1.82, 2.24) is 0 Å². The molecule has 0 aliphatic heterocycles. The normalized spacial score (nSPS) is 11.2. The third-order valence-electron chi connectivity index (χ3n) is 7.59. The van der Waals surface area contributed by atoms with Gasteiger partial charge in [-0.3, -0.25) is 0 Å². The lowest BCUT2D eigenvalue weighted by molar-refractivity contribution is 0.584. The molecule has 0 aliphatic rings. The van der Waals surface area contributed by atoms with Gasteiger partial charge in [-0.15, -0.1) is 0 Å². The van der Waals surface area contributed by atoms with Crippen LogP contribution in [0, 0.1) is 11.6 Å². The number of hydrogen-bond acceptors (Lipinski definition) is 0. The molecule has 0 spiro atoms. The molecule has 190 valence electrons. The Morgan fingerprint density at radius 2 is 0.850 bits per heavy atom. The van der Waals surface area contributed by atoms with Gasteiger partial charge < -0.3 is 0 Å². The summed E-state index contributed by atoms with van der Waals surface area (Å²) >= 11 is 0. The van der Waals surface area contributed by atoms with E-state index < -0.39 is 11.6 Å². The van der Waals surface area contributed by atoms with E-state index in [-0.39, 0.29) is 0 Å². The summed E-state index contributed by atoms with van der Waals surface area (Å²) < 4.78 is 28.2. The first-order valence-electron chi connectivity index (χ1n) is 13.3. The summed E-state index contributed by atoms with van der Waals surface area (Å²) in [6.07, 6.45) is 0. The van der Waals surface area contributed by atoms with E-state index in [0.29, 0.717) is 5.56 Å². The van der Waals surface area contributed by atoms with E-state index in [1.165, 1.54) is 34.0 Å². The molecule has 0 N–H and O–H groups in total. The van der Waals surface area contributed by atoms with Crippen molar-refractivity contribution in [2.45, 2.75) is 0 Å². The zero-order chi connectivity index (χ0) is 27.1. The van der Waals surface area contributed by atoms with Crippen LogP contribution in [-0.2, 0) is 0 Å². The van der Waals surface area contributed by atoms with Crippen molar-refractivity contribution >= 4 is 21.5 Å². The Bertz CT molecular complexity index is 2000. The monoisotopic (exact) mass is 518 g/mol. The molecule has 7 aromatic carbocycles. The van der Waals surface area contributed by atoms with Crippen LogP contribution in [0.25, 0.3) is 66.1 Å². The van der Waals surface area contributed by atoms with Crippen LogP contribution in [0.3, 0.4) is 0 Å². The maximum Gasteiger partial charge on any atom is 0.126 e. The van der Waals surface area contributed by atoms with E-state index in [9.17, 15) is 8.78 Å². The first-order valence-corrected chi connectivity index (χ1v) is 13.3. The molecular formula is C38H24F2. The molecule has 0 fully saturated rings. The Kier molecular flexibility index (Phi) is 5.94. The zero-order valence-electron chi connectivity index (χ0n) is 21.6. The molecule has 0 heterocycles. The van der Waals surface area contributed by atoms with Gasteiger partial charge in [0.05, 0.1) is 0 Å². The van der Waals surface area contributed by atoms with Gasteiger partial charge in [0.1, 0.15) is 11.6 Å². The first-order chi connectivity index (χ1) is 19.6. The minimum Gasteiger partial charge on any atom is -0.207 e. The fourth-order valence-electron chi connectivity index (χ4n) is 5.68. The summed E-state index contributed by atoms with van der Waals surface area (Å²) in [5.74, 6) is -1.17. The first kappa shape index (κ1) is 24.0. The smallest absolute Gasteiger partial charge is 0.126 e. The van der Waals surface area contributed by atoms with Gasteiger partial charge in [-0.2, -0.15) is 0 Å². The van der Waals surface area contributed by atoms with Crippen LogP contribution in [0.2, 0.25) is 0 Å². The van der Waals surface area contributed by atoms with E-state index in [1.807, 2.05) is 36.4 Å². The van der Waals surface area contributed by atoms with E-state index in [4.69, 9.17) is 0 Å². The average molecular weight is 519 g/mol. The van der Waals surface area contributed by atoms with Crippen molar-refractivity contribution in [3.8, 4) is 44.5 Å². The van der Waals surface area contributed by atoms with Crippen molar-refractivity contribution in [2.24, 2.45) is 0 Å². The summed E-state index contributed by atoms with van der Waals surface area (Å²) in [6, 6.07) is 47.7. The van der Waals surface area contributed by atoms with Crippen LogP contribution in [0.5, 0.6) is 0 Å². The van der Waals surface area contributed by atoms with Crippen molar-refractivity contribution in [3.05, 3.63) is 157 Å². The fraction of sp³-hybridized carbons (Fsp3) is 0. The highest BCUT2D eigenvalue weighted by atomic mass is 19.1. The molecule has 0 aromatic heterocycles. The quantitative estimate of drug-likeness (QED) is 0.217. The predicted molar refractivity (Wildman–Crippen MR) is 163 cm³/mol. The van der Waals surface area contributed by atoms with Gasteiger partial charge in [0.25, 0.3) is 0 Å². The lowest BCUT2D eigenvalue weighted by Gasteiger charge is -2.16. The maximum atomic E-state index is 14.1. The van der Waals surface area contributed by atoms with E-state index in [0.717, 1.165) is 44.7 Å². The predicted octanol–water partition coefficient (Wildman–Crippen LogP) is 10.9. The molecule has 0 saturated heterocycles. The lowest BCUT2D eigenvalue weighted by atomic mass is 9.88. The third-order valence-corrected chi connectivity index (χ3v) is 7.59. The molecular weight excluding hydrogens is 494 g/mol. The number of benzene rings is 7. The Labute approximate surface area is 231 Å². The van der Waals surface area contributed by atoms with Crippen LogP contribution >= 0.6 is 0 Å². The molecule has 0 amide bonds. The van der Waals surface area contributed by atoms with Crippen molar-refractivity contribution in [1.29, 1.82) is 0 Å². The number of hydrogen-bond donors (Lipinski definition) is 0. The summed E-state index contributed by atoms with van der Waals surface area (Å²) in [4.78, 5) is 0. The van der Waals surface area contributed by atoms with Crippen LogP contribution in [0.4, 0.5) is 8.78 Å². The Hall–Kier alpha value is -5.08. The Morgan fingerprint density at radius 3 is 1.60 bits per heavy atom. The Balaban J connectivity index is 1.32. The number of rotatable bonds is 4. The largest absolute Gasteiger partial charge is 0.207 e. The van der Waals surface area contributed by atoms with Gasteiger partial charge in [0.15, 0.2) is 0 Å². The minimum absolute atomic E-state index is 0.519. The molecule has 0 saturated carbocycles. The summed E-state index contributed by atoms with van der Waals surface area (Å²) in [5.41, 5.74) is 7.90. The van der Waals surface area contributed by atoms with Gasteiger partial charge in [0.2, 0.25) is 0 Å².